The van der Waals surface area contributed by atoms with Crippen LogP contribution in [0.15, 0.2) is 23.8 Å². The van der Waals surface area contributed by atoms with Crippen molar-refractivity contribution in [3.8, 4) is 5.75 Å². The second-order valence-corrected chi connectivity index (χ2v) is 5.83. The Bertz CT molecular complexity index is 579. The number of hydrogen-bond donors (Lipinski definition) is 2. The quantitative estimate of drug-likeness (QED) is 0.894. The van der Waals surface area contributed by atoms with Crippen LogP contribution in [0.25, 0.3) is 6.08 Å². The van der Waals surface area contributed by atoms with E-state index in [0.717, 1.165) is 0 Å². The molecule has 5 heteroatoms. The third-order valence-electron chi connectivity index (χ3n) is 3.83. The molecule has 0 bridgehead atoms. The normalized spacial score (nSPS) is 16.6. The van der Waals surface area contributed by atoms with Crippen LogP contribution in [0.2, 0.25) is 0 Å². The third-order valence-corrected chi connectivity index (χ3v) is 3.83. The van der Waals surface area contributed by atoms with Crippen LogP contribution in [-0.2, 0) is 4.79 Å². The van der Waals surface area contributed by atoms with Gasteiger partial charge in [-0.05, 0) is 37.1 Å². The van der Waals surface area contributed by atoms with E-state index in [1.165, 1.54) is 12.1 Å². The van der Waals surface area contributed by atoms with Crippen molar-refractivity contribution in [1.82, 2.24) is 5.32 Å². The number of fused-ring (bicyclic) bond motifs is 1. The van der Waals surface area contributed by atoms with Gasteiger partial charge in [-0.2, -0.15) is 0 Å². The number of nitrogens with one attached hydrogen (secondary N) is 1. The number of ether oxygens (including phenoxy) is 1. The topological polar surface area (TPSA) is 58.6 Å². The average molecular weight is 293 g/mol. The second kappa shape index (κ2) is 5.85. The Morgan fingerprint density at radius 1 is 1.52 bits per heavy atom. The SMILES string of the molecule is CC(C)C(C)(O)CNC(=O)C1=Cc2cc(F)ccc2OC1. The van der Waals surface area contributed by atoms with Gasteiger partial charge in [-0.25, -0.2) is 4.39 Å². The molecule has 0 fully saturated rings. The van der Waals surface area contributed by atoms with E-state index in [1.807, 2.05) is 13.8 Å². The Labute approximate surface area is 123 Å². The maximum atomic E-state index is 13.2. The molecule has 4 nitrogen and oxygen atoms in total. The number of rotatable bonds is 4. The maximum absolute atomic E-state index is 13.2. The molecule has 0 radical (unpaired) electrons. The van der Waals surface area contributed by atoms with E-state index in [4.69, 9.17) is 4.74 Å². The Balaban J connectivity index is 2.07. The van der Waals surface area contributed by atoms with Crippen molar-refractivity contribution >= 4 is 12.0 Å². The zero-order chi connectivity index (χ0) is 15.6. The zero-order valence-corrected chi connectivity index (χ0v) is 12.4. The number of benzene rings is 1. The standard InChI is InChI=1S/C16H20FNO3/c1-10(2)16(3,20)9-18-15(19)12-6-11-7-13(17)4-5-14(11)21-8-12/h4-7,10,20H,8-9H2,1-3H3,(H,18,19). The van der Waals surface area contributed by atoms with E-state index >= 15 is 0 Å². The number of aliphatic hydroxyl groups is 1. The summed E-state index contributed by atoms with van der Waals surface area (Å²) in [4.78, 5) is 12.1. The summed E-state index contributed by atoms with van der Waals surface area (Å²) in [7, 11) is 0. The van der Waals surface area contributed by atoms with Gasteiger partial charge in [0.2, 0.25) is 0 Å². The molecular weight excluding hydrogens is 273 g/mol. The van der Waals surface area contributed by atoms with E-state index in [0.29, 0.717) is 16.9 Å². The summed E-state index contributed by atoms with van der Waals surface area (Å²) in [5.41, 5.74) is -0.0230. The number of carbonyl (C=O) groups excluding carboxylic acids is 1. The number of amides is 1. The fourth-order valence-electron chi connectivity index (χ4n) is 1.86. The lowest BCUT2D eigenvalue weighted by molar-refractivity contribution is -0.119. The molecule has 1 aromatic carbocycles. The predicted molar refractivity (Wildman–Crippen MR) is 78.3 cm³/mol. The Morgan fingerprint density at radius 2 is 2.24 bits per heavy atom. The third kappa shape index (κ3) is 3.61. The molecule has 2 N–H and O–H groups in total. The minimum absolute atomic E-state index is 0.0178. The minimum atomic E-state index is -0.976. The second-order valence-electron chi connectivity index (χ2n) is 5.83. The van der Waals surface area contributed by atoms with Crippen molar-refractivity contribution in [2.24, 2.45) is 5.92 Å². The van der Waals surface area contributed by atoms with Crippen LogP contribution in [0.5, 0.6) is 5.75 Å². The molecule has 1 aliphatic rings. The highest BCUT2D eigenvalue weighted by Crippen LogP contribution is 2.27. The number of halogens is 1. The van der Waals surface area contributed by atoms with Gasteiger partial charge in [0.05, 0.1) is 11.2 Å². The van der Waals surface area contributed by atoms with Crippen LogP contribution in [-0.4, -0.2) is 29.8 Å². The Morgan fingerprint density at radius 3 is 2.90 bits per heavy atom. The Kier molecular flexibility index (Phi) is 4.32. The fraction of sp³-hybridized carbons (Fsp3) is 0.438. The highest BCUT2D eigenvalue weighted by Gasteiger charge is 2.26. The fourth-order valence-corrected chi connectivity index (χ4v) is 1.86. The van der Waals surface area contributed by atoms with Crippen molar-refractivity contribution in [3.63, 3.8) is 0 Å². The van der Waals surface area contributed by atoms with Gasteiger partial charge in [0, 0.05) is 12.1 Å². The monoisotopic (exact) mass is 293 g/mol. The summed E-state index contributed by atoms with van der Waals surface area (Å²) in [5, 5.41) is 12.8. The van der Waals surface area contributed by atoms with Gasteiger partial charge in [-0.15, -0.1) is 0 Å². The molecule has 1 aromatic rings. The molecular formula is C16H20FNO3. The first kappa shape index (κ1) is 15.5. The number of carbonyl (C=O) groups is 1. The van der Waals surface area contributed by atoms with E-state index in [2.05, 4.69) is 5.32 Å². The lowest BCUT2D eigenvalue weighted by atomic mass is 9.92. The molecule has 0 aliphatic carbocycles. The van der Waals surface area contributed by atoms with Gasteiger partial charge in [0.25, 0.3) is 5.91 Å². The molecule has 1 amide bonds. The summed E-state index contributed by atoms with van der Waals surface area (Å²) in [6.45, 7) is 5.72. The lowest BCUT2D eigenvalue weighted by Crippen LogP contribution is -2.45. The first-order valence-electron chi connectivity index (χ1n) is 6.93. The van der Waals surface area contributed by atoms with Crippen molar-refractivity contribution in [2.45, 2.75) is 26.4 Å². The molecule has 21 heavy (non-hydrogen) atoms. The smallest absolute Gasteiger partial charge is 0.250 e. The van der Waals surface area contributed by atoms with Crippen LogP contribution in [0.3, 0.4) is 0 Å². The van der Waals surface area contributed by atoms with Crippen LogP contribution in [0.1, 0.15) is 26.3 Å². The van der Waals surface area contributed by atoms with Crippen molar-refractivity contribution in [1.29, 1.82) is 0 Å². The molecule has 0 aromatic heterocycles. The van der Waals surface area contributed by atoms with Crippen LogP contribution >= 0.6 is 0 Å². The highest BCUT2D eigenvalue weighted by molar-refractivity contribution is 5.99. The van der Waals surface area contributed by atoms with Gasteiger partial charge >= 0.3 is 0 Å². The Hall–Kier alpha value is -1.88. The van der Waals surface area contributed by atoms with Crippen molar-refractivity contribution in [2.75, 3.05) is 13.2 Å². The van der Waals surface area contributed by atoms with Crippen molar-refractivity contribution in [3.05, 3.63) is 35.2 Å². The van der Waals surface area contributed by atoms with Crippen LogP contribution in [0, 0.1) is 11.7 Å². The highest BCUT2D eigenvalue weighted by atomic mass is 19.1. The van der Waals surface area contributed by atoms with E-state index in [1.54, 1.807) is 19.1 Å². The first-order chi connectivity index (χ1) is 9.79. The molecule has 0 spiro atoms. The van der Waals surface area contributed by atoms with Crippen molar-refractivity contribution < 1.29 is 19.0 Å². The zero-order valence-electron chi connectivity index (χ0n) is 12.4. The summed E-state index contributed by atoms with van der Waals surface area (Å²) in [6.07, 6.45) is 1.61. The molecule has 2 rings (SSSR count). The minimum Gasteiger partial charge on any atom is -0.488 e. The summed E-state index contributed by atoms with van der Waals surface area (Å²) >= 11 is 0. The van der Waals surface area contributed by atoms with E-state index < -0.39 is 5.60 Å². The largest absolute Gasteiger partial charge is 0.488 e. The molecule has 1 aliphatic heterocycles. The molecule has 114 valence electrons. The van der Waals surface area contributed by atoms with E-state index in [-0.39, 0.29) is 30.8 Å². The maximum Gasteiger partial charge on any atom is 0.250 e. The average Bonchev–Trinajstić information content (AvgIpc) is 2.43. The molecule has 0 saturated heterocycles. The summed E-state index contributed by atoms with van der Waals surface area (Å²) < 4.78 is 18.6. The van der Waals surface area contributed by atoms with Gasteiger partial charge in [-0.1, -0.05) is 13.8 Å². The summed E-state index contributed by atoms with van der Waals surface area (Å²) in [6, 6.07) is 4.18. The van der Waals surface area contributed by atoms with Gasteiger partial charge in [0.1, 0.15) is 18.2 Å². The number of hydrogen-bond acceptors (Lipinski definition) is 3. The van der Waals surface area contributed by atoms with Gasteiger partial charge in [-0.3, -0.25) is 4.79 Å². The van der Waals surface area contributed by atoms with Gasteiger partial charge < -0.3 is 15.2 Å². The predicted octanol–water partition coefficient (Wildman–Crippen LogP) is 2.12. The molecule has 1 atom stereocenters. The van der Waals surface area contributed by atoms with Gasteiger partial charge in [0.15, 0.2) is 0 Å². The first-order valence-corrected chi connectivity index (χ1v) is 6.93. The summed E-state index contributed by atoms with van der Waals surface area (Å²) in [5.74, 6) is -0.116. The van der Waals surface area contributed by atoms with Crippen LogP contribution < -0.4 is 10.1 Å². The molecule has 0 saturated carbocycles. The molecule has 1 unspecified atom stereocenters. The molecule has 1 heterocycles. The van der Waals surface area contributed by atoms with E-state index in [9.17, 15) is 14.3 Å². The van der Waals surface area contributed by atoms with Crippen LogP contribution in [0.4, 0.5) is 4.39 Å². The lowest BCUT2D eigenvalue weighted by Gasteiger charge is -2.28.